The van der Waals surface area contributed by atoms with Gasteiger partial charge in [0.1, 0.15) is 5.69 Å². The maximum atomic E-state index is 12.9. The van der Waals surface area contributed by atoms with Gasteiger partial charge in [0.15, 0.2) is 0 Å². The maximum absolute atomic E-state index is 12.9. The van der Waals surface area contributed by atoms with Crippen LogP contribution in [0.3, 0.4) is 0 Å². The molecular weight excluding hydrogens is 372 g/mol. The Kier molecular flexibility index (Phi) is 3.99. The lowest BCUT2D eigenvalue weighted by Gasteiger charge is -2.17. The molecule has 2 heterocycles. The third-order valence-corrected chi connectivity index (χ3v) is 6.05. The fraction of sp³-hybridized carbons (Fsp3) is 0.278. The summed E-state index contributed by atoms with van der Waals surface area (Å²) >= 11 is 5.19. The van der Waals surface area contributed by atoms with Crippen LogP contribution in [0.4, 0.5) is 5.69 Å². The molecule has 23 heavy (non-hydrogen) atoms. The highest BCUT2D eigenvalue weighted by atomic mass is 79.9. The van der Waals surface area contributed by atoms with E-state index in [-0.39, 0.29) is 5.91 Å². The van der Waals surface area contributed by atoms with Crippen molar-refractivity contribution < 1.29 is 4.79 Å². The summed E-state index contributed by atoms with van der Waals surface area (Å²) in [6, 6.07) is 12.3. The zero-order valence-corrected chi connectivity index (χ0v) is 15.0. The van der Waals surface area contributed by atoms with Crippen LogP contribution in [0.1, 0.15) is 42.2 Å². The molecule has 0 saturated heterocycles. The quantitative estimate of drug-likeness (QED) is 0.601. The van der Waals surface area contributed by atoms with Crippen molar-refractivity contribution in [2.45, 2.75) is 31.7 Å². The highest BCUT2D eigenvalue weighted by molar-refractivity contribution is 9.10. The predicted molar refractivity (Wildman–Crippen MR) is 99.4 cm³/mol. The standard InChI is InChI=1S/C18H17BrN2OS/c19-13-7-3-4-8-14(13)20-18(22)16-11-17-15(9-10-23-17)21(16)12-5-1-2-6-12/h3-4,7-12H,1-2,5-6H2,(H,20,22). The number of aromatic nitrogens is 1. The summed E-state index contributed by atoms with van der Waals surface area (Å²) in [7, 11) is 0. The van der Waals surface area contributed by atoms with Crippen molar-refractivity contribution in [1.82, 2.24) is 4.57 Å². The van der Waals surface area contributed by atoms with Crippen LogP contribution in [0.15, 0.2) is 46.3 Å². The lowest BCUT2D eigenvalue weighted by molar-refractivity contribution is 0.101. The first-order valence-corrected chi connectivity index (χ1v) is 9.55. The molecule has 4 rings (SSSR count). The number of para-hydroxylation sites is 1. The van der Waals surface area contributed by atoms with Crippen molar-refractivity contribution in [2.24, 2.45) is 0 Å². The smallest absolute Gasteiger partial charge is 0.272 e. The monoisotopic (exact) mass is 388 g/mol. The third kappa shape index (κ3) is 2.72. The van der Waals surface area contributed by atoms with Crippen LogP contribution in [-0.2, 0) is 0 Å². The Morgan fingerprint density at radius 3 is 2.78 bits per heavy atom. The van der Waals surface area contributed by atoms with Crippen LogP contribution in [0.25, 0.3) is 10.2 Å². The Hall–Kier alpha value is -1.59. The molecule has 0 aliphatic heterocycles. The molecule has 1 fully saturated rings. The Labute approximate surface area is 147 Å². The number of nitrogens with one attached hydrogen (secondary N) is 1. The SMILES string of the molecule is O=C(Nc1ccccc1Br)c1cc2sccc2n1C1CCCC1. The average molecular weight is 389 g/mol. The number of anilines is 1. The molecule has 1 saturated carbocycles. The summed E-state index contributed by atoms with van der Waals surface area (Å²) in [6.45, 7) is 0. The van der Waals surface area contributed by atoms with E-state index < -0.39 is 0 Å². The summed E-state index contributed by atoms with van der Waals surface area (Å²) in [5.74, 6) is -0.0350. The number of fused-ring (bicyclic) bond motifs is 1. The number of carbonyl (C=O) groups is 1. The second-order valence-electron chi connectivity index (χ2n) is 5.94. The maximum Gasteiger partial charge on any atom is 0.272 e. The minimum Gasteiger partial charge on any atom is -0.333 e. The molecular formula is C18H17BrN2OS. The van der Waals surface area contributed by atoms with E-state index in [0.29, 0.717) is 6.04 Å². The summed E-state index contributed by atoms with van der Waals surface area (Å²) in [5, 5.41) is 5.14. The molecule has 1 aliphatic carbocycles. The van der Waals surface area contributed by atoms with Gasteiger partial charge in [-0.2, -0.15) is 0 Å². The Bertz CT molecular complexity index is 861. The normalized spacial score (nSPS) is 15.3. The first-order valence-electron chi connectivity index (χ1n) is 7.88. The molecule has 5 heteroatoms. The van der Waals surface area contributed by atoms with Gasteiger partial charge in [0.05, 0.1) is 15.9 Å². The van der Waals surface area contributed by atoms with Crippen molar-refractivity contribution in [3.05, 3.63) is 51.9 Å². The molecule has 3 nitrogen and oxygen atoms in total. The molecule has 0 atom stereocenters. The van der Waals surface area contributed by atoms with Crippen LogP contribution < -0.4 is 5.32 Å². The zero-order valence-electron chi connectivity index (χ0n) is 12.6. The fourth-order valence-corrected chi connectivity index (χ4v) is 4.62. The third-order valence-electron chi connectivity index (χ3n) is 4.50. The van der Waals surface area contributed by atoms with Gasteiger partial charge in [-0.05, 0) is 58.4 Å². The second-order valence-corrected chi connectivity index (χ2v) is 7.74. The molecule has 0 radical (unpaired) electrons. The van der Waals surface area contributed by atoms with E-state index >= 15 is 0 Å². The molecule has 3 aromatic rings. The first-order chi connectivity index (χ1) is 11.2. The number of amides is 1. The van der Waals surface area contributed by atoms with E-state index in [1.807, 2.05) is 30.3 Å². The van der Waals surface area contributed by atoms with Crippen molar-refractivity contribution >= 4 is 49.1 Å². The van der Waals surface area contributed by atoms with E-state index in [1.54, 1.807) is 11.3 Å². The largest absolute Gasteiger partial charge is 0.333 e. The Morgan fingerprint density at radius 2 is 2.00 bits per heavy atom. The molecule has 118 valence electrons. The number of halogens is 1. The average Bonchev–Trinajstić information content (AvgIpc) is 3.24. The summed E-state index contributed by atoms with van der Waals surface area (Å²) in [4.78, 5) is 12.9. The van der Waals surface area contributed by atoms with Gasteiger partial charge in [0.25, 0.3) is 5.91 Å². The van der Waals surface area contributed by atoms with Crippen LogP contribution in [0.5, 0.6) is 0 Å². The van der Waals surface area contributed by atoms with E-state index in [1.165, 1.54) is 23.1 Å². The highest BCUT2D eigenvalue weighted by Gasteiger charge is 2.25. The lowest BCUT2D eigenvalue weighted by atomic mass is 10.2. The molecule has 0 bridgehead atoms. The van der Waals surface area contributed by atoms with Gasteiger partial charge in [-0.15, -0.1) is 11.3 Å². The van der Waals surface area contributed by atoms with Crippen LogP contribution in [0, 0.1) is 0 Å². The zero-order chi connectivity index (χ0) is 15.8. The summed E-state index contributed by atoms with van der Waals surface area (Å²) in [6.07, 6.45) is 4.82. The number of nitrogens with zero attached hydrogens (tertiary/aromatic N) is 1. The number of hydrogen-bond acceptors (Lipinski definition) is 2. The van der Waals surface area contributed by atoms with Gasteiger partial charge in [0.2, 0.25) is 0 Å². The van der Waals surface area contributed by atoms with Gasteiger partial charge in [0, 0.05) is 10.5 Å². The first kappa shape index (κ1) is 15.0. The van der Waals surface area contributed by atoms with Crippen LogP contribution >= 0.6 is 27.3 Å². The van der Waals surface area contributed by atoms with Crippen molar-refractivity contribution in [1.29, 1.82) is 0 Å². The Balaban J connectivity index is 1.73. The topological polar surface area (TPSA) is 34.0 Å². The highest BCUT2D eigenvalue weighted by Crippen LogP contribution is 2.36. The van der Waals surface area contributed by atoms with Crippen molar-refractivity contribution in [3.63, 3.8) is 0 Å². The molecule has 1 aliphatic rings. The minimum atomic E-state index is -0.0350. The fourth-order valence-electron chi connectivity index (χ4n) is 3.42. The number of thiophene rings is 1. The van der Waals surface area contributed by atoms with E-state index in [0.717, 1.165) is 28.7 Å². The number of carbonyl (C=O) groups excluding carboxylic acids is 1. The number of hydrogen-bond donors (Lipinski definition) is 1. The molecule has 1 amide bonds. The number of rotatable bonds is 3. The van der Waals surface area contributed by atoms with E-state index in [4.69, 9.17) is 0 Å². The predicted octanol–water partition coefficient (Wildman–Crippen LogP) is 5.83. The number of benzene rings is 1. The van der Waals surface area contributed by atoms with Gasteiger partial charge in [-0.3, -0.25) is 4.79 Å². The van der Waals surface area contributed by atoms with Crippen molar-refractivity contribution in [2.75, 3.05) is 5.32 Å². The van der Waals surface area contributed by atoms with E-state index in [2.05, 4.69) is 37.3 Å². The second kappa shape index (κ2) is 6.13. The molecule has 2 aromatic heterocycles. The molecule has 0 spiro atoms. The van der Waals surface area contributed by atoms with Crippen molar-refractivity contribution in [3.8, 4) is 0 Å². The van der Waals surface area contributed by atoms with Crippen LogP contribution in [0.2, 0.25) is 0 Å². The van der Waals surface area contributed by atoms with Gasteiger partial charge in [-0.25, -0.2) is 0 Å². The minimum absolute atomic E-state index is 0.0350. The van der Waals surface area contributed by atoms with Gasteiger partial charge in [-0.1, -0.05) is 25.0 Å². The Morgan fingerprint density at radius 1 is 1.22 bits per heavy atom. The van der Waals surface area contributed by atoms with Gasteiger partial charge < -0.3 is 9.88 Å². The van der Waals surface area contributed by atoms with E-state index in [9.17, 15) is 4.79 Å². The summed E-state index contributed by atoms with van der Waals surface area (Å²) < 4.78 is 4.34. The molecule has 0 unspecified atom stereocenters. The summed E-state index contributed by atoms with van der Waals surface area (Å²) in [5.41, 5.74) is 2.77. The molecule has 1 aromatic carbocycles. The molecule has 1 N–H and O–H groups in total. The lowest BCUT2D eigenvalue weighted by Crippen LogP contribution is -2.19. The van der Waals surface area contributed by atoms with Gasteiger partial charge >= 0.3 is 0 Å². The van der Waals surface area contributed by atoms with Crippen LogP contribution in [-0.4, -0.2) is 10.5 Å².